The van der Waals surface area contributed by atoms with Gasteiger partial charge in [0.15, 0.2) is 6.61 Å². The first-order valence-corrected chi connectivity index (χ1v) is 8.21. The number of likely N-dealkylation sites (N-methyl/N-ethyl adjacent to an activating group) is 1. The molecule has 0 saturated carbocycles. The van der Waals surface area contributed by atoms with Crippen molar-refractivity contribution in [1.29, 1.82) is 0 Å². The van der Waals surface area contributed by atoms with Crippen molar-refractivity contribution in [3.8, 4) is 11.4 Å². The van der Waals surface area contributed by atoms with Crippen molar-refractivity contribution in [3.63, 3.8) is 0 Å². The highest BCUT2D eigenvalue weighted by molar-refractivity contribution is 6.30. The number of amides is 1. The Kier molecular flexibility index (Phi) is 5.36. The molecule has 5 nitrogen and oxygen atoms in total. The van der Waals surface area contributed by atoms with Crippen molar-refractivity contribution in [3.05, 3.63) is 77.6 Å². The van der Waals surface area contributed by atoms with Crippen molar-refractivity contribution >= 4 is 17.5 Å². The maximum absolute atomic E-state index is 12.2. The number of rotatable bonds is 6. The molecule has 1 heterocycles. The monoisotopic (exact) mass is 355 g/mol. The van der Waals surface area contributed by atoms with E-state index in [1.165, 1.54) is 0 Å². The van der Waals surface area contributed by atoms with Gasteiger partial charge in [0, 0.05) is 30.4 Å². The minimum absolute atomic E-state index is 0.0380. The third-order valence-corrected chi connectivity index (χ3v) is 3.90. The predicted molar refractivity (Wildman–Crippen MR) is 97.0 cm³/mol. The summed E-state index contributed by atoms with van der Waals surface area (Å²) in [5.41, 5.74) is 1.93. The molecule has 1 aromatic heterocycles. The van der Waals surface area contributed by atoms with Gasteiger partial charge in [0.05, 0.1) is 11.9 Å². The first-order valence-electron chi connectivity index (χ1n) is 7.83. The number of ether oxygens (including phenoxy) is 1. The van der Waals surface area contributed by atoms with E-state index in [0.29, 0.717) is 17.3 Å². The van der Waals surface area contributed by atoms with Crippen LogP contribution < -0.4 is 4.74 Å². The molecule has 6 heteroatoms. The van der Waals surface area contributed by atoms with Crippen LogP contribution in [0.2, 0.25) is 5.02 Å². The van der Waals surface area contributed by atoms with E-state index in [1.807, 2.05) is 36.5 Å². The summed E-state index contributed by atoms with van der Waals surface area (Å²) >= 11 is 5.90. The standard InChI is InChI=1S/C19H18ClN3O2/c1-22(19(24)14-25-18-9-5-6-16(20)10-18)12-15-11-21-23(13-15)17-7-3-2-4-8-17/h2-11,13H,12,14H2,1H3. The van der Waals surface area contributed by atoms with Crippen LogP contribution in [0.5, 0.6) is 5.75 Å². The maximum atomic E-state index is 12.2. The third kappa shape index (κ3) is 4.61. The molecule has 0 spiro atoms. The summed E-state index contributed by atoms with van der Waals surface area (Å²) in [6.07, 6.45) is 3.67. The van der Waals surface area contributed by atoms with Crippen LogP contribution in [0.3, 0.4) is 0 Å². The number of carbonyl (C=O) groups excluding carboxylic acids is 1. The van der Waals surface area contributed by atoms with Gasteiger partial charge in [-0.3, -0.25) is 4.79 Å². The molecule has 3 rings (SSSR count). The zero-order valence-electron chi connectivity index (χ0n) is 13.8. The molecule has 2 aromatic carbocycles. The van der Waals surface area contributed by atoms with Crippen LogP contribution in [0.15, 0.2) is 67.0 Å². The normalized spacial score (nSPS) is 10.5. The fraction of sp³-hybridized carbons (Fsp3) is 0.158. The minimum Gasteiger partial charge on any atom is -0.484 e. The molecule has 0 unspecified atom stereocenters. The van der Waals surface area contributed by atoms with Crippen molar-refractivity contribution in [1.82, 2.24) is 14.7 Å². The molecule has 25 heavy (non-hydrogen) atoms. The fourth-order valence-electron chi connectivity index (χ4n) is 2.34. The van der Waals surface area contributed by atoms with Crippen LogP contribution >= 0.6 is 11.6 Å². The number of aromatic nitrogens is 2. The second-order valence-corrected chi connectivity index (χ2v) is 6.06. The van der Waals surface area contributed by atoms with E-state index in [0.717, 1.165) is 11.3 Å². The summed E-state index contributed by atoms with van der Waals surface area (Å²) in [5.74, 6) is 0.457. The Labute approximate surface area is 151 Å². The SMILES string of the molecule is CN(Cc1cnn(-c2ccccc2)c1)C(=O)COc1cccc(Cl)c1. The maximum Gasteiger partial charge on any atom is 0.260 e. The third-order valence-electron chi connectivity index (χ3n) is 3.66. The second kappa shape index (κ2) is 7.85. The number of halogens is 1. The molecule has 0 saturated heterocycles. The molecule has 128 valence electrons. The number of para-hydroxylation sites is 1. The van der Waals surface area contributed by atoms with E-state index >= 15 is 0 Å². The average Bonchev–Trinajstić information content (AvgIpc) is 3.09. The molecular formula is C19H18ClN3O2. The van der Waals surface area contributed by atoms with Gasteiger partial charge in [0.1, 0.15) is 5.75 Å². The zero-order chi connectivity index (χ0) is 17.6. The lowest BCUT2D eigenvalue weighted by atomic mass is 10.3. The fourth-order valence-corrected chi connectivity index (χ4v) is 2.52. The summed E-state index contributed by atoms with van der Waals surface area (Å²) in [6.45, 7) is 0.425. The number of nitrogens with zero attached hydrogens (tertiary/aromatic N) is 3. The molecular weight excluding hydrogens is 338 g/mol. The van der Waals surface area contributed by atoms with Crippen LogP contribution in [0.1, 0.15) is 5.56 Å². The van der Waals surface area contributed by atoms with Gasteiger partial charge >= 0.3 is 0 Å². The quantitative estimate of drug-likeness (QED) is 0.679. The average molecular weight is 356 g/mol. The number of carbonyl (C=O) groups is 1. The zero-order valence-corrected chi connectivity index (χ0v) is 14.6. The first kappa shape index (κ1) is 17.0. The van der Waals surface area contributed by atoms with Crippen molar-refractivity contribution in [2.24, 2.45) is 0 Å². The predicted octanol–water partition coefficient (Wildman–Crippen LogP) is 3.56. The van der Waals surface area contributed by atoms with Gasteiger partial charge in [-0.05, 0) is 30.3 Å². The van der Waals surface area contributed by atoms with E-state index in [4.69, 9.17) is 16.3 Å². The lowest BCUT2D eigenvalue weighted by Gasteiger charge is -2.16. The molecule has 0 atom stereocenters. The van der Waals surface area contributed by atoms with E-state index in [9.17, 15) is 4.79 Å². The van der Waals surface area contributed by atoms with Gasteiger partial charge in [0.25, 0.3) is 5.91 Å². The second-order valence-electron chi connectivity index (χ2n) is 5.62. The molecule has 0 bridgehead atoms. The Morgan fingerprint density at radius 2 is 2.00 bits per heavy atom. The molecule has 0 fully saturated rings. The van der Waals surface area contributed by atoms with Gasteiger partial charge in [-0.2, -0.15) is 5.10 Å². The lowest BCUT2D eigenvalue weighted by Crippen LogP contribution is -2.30. The molecule has 0 aliphatic carbocycles. The smallest absolute Gasteiger partial charge is 0.260 e. The van der Waals surface area contributed by atoms with Gasteiger partial charge in [0.2, 0.25) is 0 Å². The molecule has 3 aromatic rings. The Hall–Kier alpha value is -2.79. The largest absolute Gasteiger partial charge is 0.484 e. The molecule has 0 N–H and O–H groups in total. The molecule has 0 radical (unpaired) electrons. The van der Waals surface area contributed by atoms with Crippen LogP contribution in [0, 0.1) is 0 Å². The van der Waals surface area contributed by atoms with Crippen molar-refractivity contribution < 1.29 is 9.53 Å². The van der Waals surface area contributed by atoms with E-state index in [2.05, 4.69) is 5.10 Å². The lowest BCUT2D eigenvalue weighted by molar-refractivity contribution is -0.132. The Morgan fingerprint density at radius 1 is 1.20 bits per heavy atom. The van der Waals surface area contributed by atoms with Gasteiger partial charge < -0.3 is 9.64 Å². The number of hydrogen-bond acceptors (Lipinski definition) is 3. The first-order chi connectivity index (χ1) is 12.1. The number of hydrogen-bond donors (Lipinski definition) is 0. The highest BCUT2D eigenvalue weighted by atomic mass is 35.5. The summed E-state index contributed by atoms with van der Waals surface area (Å²) < 4.78 is 7.27. The molecule has 0 aliphatic rings. The Bertz CT molecular complexity index is 849. The highest BCUT2D eigenvalue weighted by Crippen LogP contribution is 2.17. The van der Waals surface area contributed by atoms with E-state index in [1.54, 1.807) is 47.1 Å². The van der Waals surface area contributed by atoms with E-state index < -0.39 is 0 Å². The Balaban J connectivity index is 1.56. The minimum atomic E-state index is -0.118. The van der Waals surface area contributed by atoms with Crippen LogP contribution in [0.25, 0.3) is 5.69 Å². The van der Waals surface area contributed by atoms with E-state index in [-0.39, 0.29) is 12.5 Å². The van der Waals surface area contributed by atoms with Crippen molar-refractivity contribution in [2.45, 2.75) is 6.54 Å². The molecule has 0 aliphatic heterocycles. The summed E-state index contributed by atoms with van der Waals surface area (Å²) in [7, 11) is 1.74. The Morgan fingerprint density at radius 3 is 2.76 bits per heavy atom. The van der Waals surface area contributed by atoms with Crippen LogP contribution in [-0.2, 0) is 11.3 Å². The summed E-state index contributed by atoms with van der Waals surface area (Å²) in [4.78, 5) is 13.8. The number of benzene rings is 2. The topological polar surface area (TPSA) is 47.4 Å². The highest BCUT2D eigenvalue weighted by Gasteiger charge is 2.12. The summed E-state index contributed by atoms with van der Waals surface area (Å²) in [5, 5.41) is 4.91. The van der Waals surface area contributed by atoms with Gasteiger partial charge in [-0.25, -0.2) is 4.68 Å². The van der Waals surface area contributed by atoms with Crippen LogP contribution in [0.4, 0.5) is 0 Å². The van der Waals surface area contributed by atoms with Crippen LogP contribution in [-0.4, -0.2) is 34.2 Å². The van der Waals surface area contributed by atoms with Crippen molar-refractivity contribution in [2.75, 3.05) is 13.7 Å². The molecule has 1 amide bonds. The summed E-state index contributed by atoms with van der Waals surface area (Å²) in [6, 6.07) is 16.8. The van der Waals surface area contributed by atoms with Gasteiger partial charge in [-0.1, -0.05) is 35.9 Å². The van der Waals surface area contributed by atoms with Gasteiger partial charge in [-0.15, -0.1) is 0 Å².